The molecule has 0 fully saturated rings. The lowest BCUT2D eigenvalue weighted by Gasteiger charge is -2.39. The number of hydrogen-bond acceptors (Lipinski definition) is 2. The van der Waals surface area contributed by atoms with Crippen molar-refractivity contribution in [3.63, 3.8) is 0 Å². The Hall–Kier alpha value is -1.70. The summed E-state index contributed by atoms with van der Waals surface area (Å²) in [5.74, 6) is -39.5. The van der Waals surface area contributed by atoms with Gasteiger partial charge in [-0.05, 0) is 6.92 Å². The maximum absolute atomic E-state index is 13.2. The Labute approximate surface area is 135 Å². The molecule has 0 spiro atoms. The van der Waals surface area contributed by atoms with Crippen molar-refractivity contribution in [3.05, 3.63) is 12.2 Å². The van der Waals surface area contributed by atoms with Gasteiger partial charge in [0.1, 0.15) is 0 Å². The molecule has 0 N–H and O–H groups in total. The summed E-state index contributed by atoms with van der Waals surface area (Å²) >= 11 is 0. The van der Waals surface area contributed by atoms with Crippen molar-refractivity contribution >= 4 is 5.97 Å². The zero-order valence-electron chi connectivity index (χ0n) is 12.1. The van der Waals surface area contributed by atoms with Gasteiger partial charge in [0.15, 0.2) is 6.61 Å². The zero-order valence-corrected chi connectivity index (χ0v) is 12.1. The summed E-state index contributed by atoms with van der Waals surface area (Å²) in [6.45, 7) is 0.502. The van der Waals surface area contributed by atoms with Crippen LogP contribution in [0.3, 0.4) is 0 Å². The normalized spacial score (nSPS) is 15.0. The monoisotopic (exact) mass is 418 g/mol. The van der Waals surface area contributed by atoms with Gasteiger partial charge in [0.2, 0.25) is 0 Å². The maximum Gasteiger partial charge on any atom is 0.460 e. The van der Waals surface area contributed by atoms with Gasteiger partial charge in [-0.2, -0.15) is 57.1 Å². The van der Waals surface area contributed by atoms with E-state index in [1.165, 1.54) is 0 Å². The highest BCUT2D eigenvalue weighted by Gasteiger charge is 2.90. The molecule has 0 aromatic rings. The SMILES string of the molecule is C=C(C)C(=O)OCC(F)(F)C(F)(F)C(F)(F)C(F)(F)C(F)(F)C(F)(F)F. The maximum atomic E-state index is 13.2. The third-order valence-corrected chi connectivity index (χ3v) is 2.73. The van der Waals surface area contributed by atoms with Crippen LogP contribution in [0.2, 0.25) is 0 Å². The van der Waals surface area contributed by atoms with Crippen LogP contribution >= 0.6 is 0 Å². The summed E-state index contributed by atoms with van der Waals surface area (Å²) in [4.78, 5) is 10.7. The summed E-state index contributed by atoms with van der Waals surface area (Å²) in [6.07, 6.45) is -7.47. The third-order valence-electron chi connectivity index (χ3n) is 2.73. The Bertz CT molecular complexity index is 561. The lowest BCUT2D eigenvalue weighted by molar-refractivity contribution is -0.441. The van der Waals surface area contributed by atoms with Crippen molar-refractivity contribution in [2.45, 2.75) is 42.7 Å². The fourth-order valence-electron chi connectivity index (χ4n) is 1.17. The van der Waals surface area contributed by atoms with E-state index in [4.69, 9.17) is 0 Å². The first-order chi connectivity index (χ1) is 11.1. The number of rotatable bonds is 7. The lowest BCUT2D eigenvalue weighted by Crippen LogP contribution is -2.70. The van der Waals surface area contributed by atoms with Crippen molar-refractivity contribution in [1.29, 1.82) is 0 Å². The number of ether oxygens (including phenoxy) is 1. The lowest BCUT2D eigenvalue weighted by atomic mass is 9.94. The highest BCUT2D eigenvalue weighted by molar-refractivity contribution is 5.86. The molecule has 0 aromatic heterocycles. The molecule has 0 saturated heterocycles. The molecule has 154 valence electrons. The summed E-state index contributed by atoms with van der Waals surface area (Å²) < 4.78 is 168. The second kappa shape index (κ2) is 6.48. The molecule has 0 radical (unpaired) electrons. The number of halogens is 13. The standard InChI is InChI=1S/C11H7F13O2/c1-4(2)5(25)26-3-6(12,13)7(14,15)8(16,17)9(18,19)10(20,21)11(22,23)24/h1,3H2,2H3. The average Bonchev–Trinajstić information content (AvgIpc) is 2.42. The Morgan fingerprint density at radius 3 is 1.38 bits per heavy atom. The van der Waals surface area contributed by atoms with Gasteiger partial charge in [-0.15, -0.1) is 0 Å². The average molecular weight is 418 g/mol. The Morgan fingerprint density at radius 1 is 0.731 bits per heavy atom. The van der Waals surface area contributed by atoms with E-state index in [-0.39, 0.29) is 0 Å². The molecule has 0 bridgehead atoms. The van der Waals surface area contributed by atoms with E-state index in [9.17, 15) is 61.9 Å². The minimum absolute atomic E-state index is 0.732. The molecule has 0 aliphatic heterocycles. The summed E-state index contributed by atoms with van der Waals surface area (Å²) in [5.41, 5.74) is -0.732. The third kappa shape index (κ3) is 3.56. The summed E-state index contributed by atoms with van der Waals surface area (Å²) in [6, 6.07) is 0. The molecule has 0 saturated carbocycles. The molecular weight excluding hydrogens is 411 g/mol. The fraction of sp³-hybridized carbons (Fsp3) is 0.727. The van der Waals surface area contributed by atoms with Crippen LogP contribution in [0.25, 0.3) is 0 Å². The number of alkyl halides is 13. The van der Waals surface area contributed by atoms with E-state index in [0.29, 0.717) is 0 Å². The van der Waals surface area contributed by atoms with Gasteiger partial charge in [-0.3, -0.25) is 0 Å². The number of carbonyl (C=O) groups excluding carboxylic acids is 1. The van der Waals surface area contributed by atoms with Crippen molar-refractivity contribution < 1.29 is 66.6 Å². The van der Waals surface area contributed by atoms with E-state index >= 15 is 0 Å². The van der Waals surface area contributed by atoms with E-state index in [2.05, 4.69) is 11.3 Å². The minimum Gasteiger partial charge on any atom is -0.456 e. The quantitative estimate of drug-likeness (QED) is 0.336. The molecule has 0 heterocycles. The van der Waals surface area contributed by atoms with Crippen molar-refractivity contribution in [2.24, 2.45) is 0 Å². The van der Waals surface area contributed by atoms with Gasteiger partial charge in [-0.25, -0.2) is 4.79 Å². The second-order valence-electron chi connectivity index (χ2n) is 4.86. The topological polar surface area (TPSA) is 26.3 Å². The van der Waals surface area contributed by atoms with Crippen LogP contribution in [0.1, 0.15) is 6.92 Å². The molecule has 2 nitrogen and oxygen atoms in total. The van der Waals surface area contributed by atoms with Crippen LogP contribution in [-0.2, 0) is 9.53 Å². The number of carbonyl (C=O) groups is 1. The van der Waals surface area contributed by atoms with Crippen LogP contribution in [0.15, 0.2) is 12.2 Å². The smallest absolute Gasteiger partial charge is 0.456 e. The van der Waals surface area contributed by atoms with Crippen LogP contribution in [-0.4, -0.2) is 48.4 Å². The van der Waals surface area contributed by atoms with Crippen molar-refractivity contribution in [1.82, 2.24) is 0 Å². The second-order valence-corrected chi connectivity index (χ2v) is 4.86. The van der Waals surface area contributed by atoms with Gasteiger partial charge in [0.25, 0.3) is 0 Å². The predicted molar refractivity (Wildman–Crippen MR) is 56.6 cm³/mol. The highest BCUT2D eigenvalue weighted by atomic mass is 19.4. The molecule has 0 atom stereocenters. The van der Waals surface area contributed by atoms with Gasteiger partial charge in [0, 0.05) is 5.57 Å². The summed E-state index contributed by atoms with van der Waals surface area (Å²) in [7, 11) is 0. The zero-order chi connectivity index (χ0) is 21.6. The Balaban J connectivity index is 6.00. The van der Waals surface area contributed by atoms with Gasteiger partial charge in [0.05, 0.1) is 0 Å². The van der Waals surface area contributed by atoms with Gasteiger partial charge < -0.3 is 4.74 Å². The van der Waals surface area contributed by atoms with Gasteiger partial charge in [-0.1, -0.05) is 6.58 Å². The predicted octanol–water partition coefficient (Wildman–Crippen LogP) is 4.84. The first-order valence-corrected chi connectivity index (χ1v) is 5.86. The molecule has 26 heavy (non-hydrogen) atoms. The Kier molecular flexibility index (Phi) is 6.05. The fourth-order valence-corrected chi connectivity index (χ4v) is 1.17. The number of esters is 1. The largest absolute Gasteiger partial charge is 0.460 e. The molecule has 0 aliphatic rings. The first kappa shape index (κ1) is 24.3. The summed E-state index contributed by atoms with van der Waals surface area (Å²) in [5, 5.41) is 0. The van der Waals surface area contributed by atoms with Crippen LogP contribution in [0, 0.1) is 0 Å². The molecule has 0 aliphatic carbocycles. The molecule has 15 heteroatoms. The Morgan fingerprint density at radius 2 is 1.08 bits per heavy atom. The van der Waals surface area contributed by atoms with E-state index < -0.39 is 53.9 Å². The van der Waals surface area contributed by atoms with Crippen LogP contribution in [0.5, 0.6) is 0 Å². The molecule has 0 unspecified atom stereocenters. The van der Waals surface area contributed by atoms with Crippen LogP contribution < -0.4 is 0 Å². The number of hydrogen-bond donors (Lipinski definition) is 0. The molecule has 0 aromatic carbocycles. The van der Waals surface area contributed by atoms with Crippen molar-refractivity contribution in [2.75, 3.05) is 6.61 Å². The van der Waals surface area contributed by atoms with Crippen LogP contribution in [0.4, 0.5) is 57.1 Å². The first-order valence-electron chi connectivity index (χ1n) is 5.86. The van der Waals surface area contributed by atoms with Gasteiger partial charge >= 0.3 is 41.8 Å². The molecular formula is C11H7F13O2. The highest BCUT2D eigenvalue weighted by Crippen LogP contribution is 2.60. The molecule has 0 amide bonds. The minimum atomic E-state index is -7.98. The van der Waals surface area contributed by atoms with E-state index in [1.807, 2.05) is 0 Å². The van der Waals surface area contributed by atoms with E-state index in [1.54, 1.807) is 0 Å². The molecule has 0 rings (SSSR count). The van der Waals surface area contributed by atoms with Crippen molar-refractivity contribution in [3.8, 4) is 0 Å². The van der Waals surface area contributed by atoms with E-state index in [0.717, 1.165) is 6.92 Å².